The number of benzene rings is 2. The summed E-state index contributed by atoms with van der Waals surface area (Å²) in [6, 6.07) is 18.3. The Bertz CT molecular complexity index is 1120. The van der Waals surface area contributed by atoms with Crippen LogP contribution in [0.2, 0.25) is 0 Å². The summed E-state index contributed by atoms with van der Waals surface area (Å²) in [5, 5.41) is 0. The number of para-hydroxylation sites is 2. The zero-order chi connectivity index (χ0) is 19.0. The predicted octanol–water partition coefficient (Wildman–Crippen LogP) is 3.36. The van der Waals surface area contributed by atoms with E-state index in [-0.39, 0.29) is 17.5 Å². The van der Waals surface area contributed by atoms with E-state index in [9.17, 15) is 8.42 Å². The highest BCUT2D eigenvalue weighted by Gasteiger charge is 2.32. The van der Waals surface area contributed by atoms with Gasteiger partial charge in [0.15, 0.2) is 14.6 Å². The van der Waals surface area contributed by atoms with Crippen LogP contribution in [0.15, 0.2) is 54.6 Å². The molecule has 1 atom stereocenters. The van der Waals surface area contributed by atoms with Gasteiger partial charge in [0.1, 0.15) is 0 Å². The largest absolute Gasteiger partial charge is 0.320 e. The molecule has 7 heteroatoms. The molecule has 1 aliphatic heterocycles. The van der Waals surface area contributed by atoms with E-state index in [0.717, 1.165) is 15.8 Å². The molecule has 0 spiro atoms. The number of aryl methyl sites for hydroxylation is 1. The molecule has 0 unspecified atom stereocenters. The van der Waals surface area contributed by atoms with Crippen molar-refractivity contribution in [3.05, 3.63) is 64.9 Å². The van der Waals surface area contributed by atoms with E-state index in [1.54, 1.807) is 0 Å². The lowest BCUT2D eigenvalue weighted by Crippen LogP contribution is -2.37. The van der Waals surface area contributed by atoms with Gasteiger partial charge in [-0.25, -0.2) is 8.42 Å². The molecule has 5 nitrogen and oxygen atoms in total. The highest BCUT2D eigenvalue weighted by atomic mass is 32.2. The van der Waals surface area contributed by atoms with Crippen molar-refractivity contribution in [2.75, 3.05) is 11.5 Å². The lowest BCUT2D eigenvalue weighted by atomic mass is 10.1. The summed E-state index contributed by atoms with van der Waals surface area (Å²) in [7, 11) is -0.980. The zero-order valence-corrected chi connectivity index (χ0v) is 16.9. The van der Waals surface area contributed by atoms with E-state index in [0.29, 0.717) is 19.6 Å². The van der Waals surface area contributed by atoms with Crippen molar-refractivity contribution in [1.29, 1.82) is 0 Å². The molecule has 0 N–H and O–H groups in total. The van der Waals surface area contributed by atoms with Gasteiger partial charge in [0.05, 0.1) is 29.2 Å². The number of rotatable bonds is 5. The molecule has 2 heterocycles. The Hall–Kier alpha value is -1.96. The number of hydrogen-bond donors (Lipinski definition) is 0. The van der Waals surface area contributed by atoms with Gasteiger partial charge in [-0.2, -0.15) is 0 Å². The second-order valence-electron chi connectivity index (χ2n) is 7.19. The molecule has 3 aromatic rings. The zero-order valence-electron chi connectivity index (χ0n) is 15.3. The van der Waals surface area contributed by atoms with Gasteiger partial charge in [-0.3, -0.25) is 4.90 Å². The lowest BCUT2D eigenvalue weighted by molar-refractivity contribution is 0.157. The van der Waals surface area contributed by atoms with Crippen LogP contribution in [0.4, 0.5) is 0 Å². The normalized spacial score (nSPS) is 19.1. The van der Waals surface area contributed by atoms with Crippen molar-refractivity contribution in [3.63, 3.8) is 0 Å². The molecule has 0 radical (unpaired) electrons. The molecule has 142 valence electrons. The Kier molecular flexibility index (Phi) is 4.92. The summed E-state index contributed by atoms with van der Waals surface area (Å²) in [4.78, 5) is 2.25. The van der Waals surface area contributed by atoms with Crippen LogP contribution >= 0.6 is 12.2 Å². The monoisotopic (exact) mass is 401 g/mol. The molecule has 27 heavy (non-hydrogen) atoms. The molecule has 1 fully saturated rings. The molecule has 1 aromatic heterocycles. The fourth-order valence-corrected chi connectivity index (χ4v) is 5.87. The second-order valence-corrected chi connectivity index (χ2v) is 9.78. The third kappa shape index (κ3) is 3.72. The maximum absolute atomic E-state index is 12.1. The molecule has 0 aliphatic carbocycles. The van der Waals surface area contributed by atoms with Crippen LogP contribution in [0.3, 0.4) is 0 Å². The summed E-state index contributed by atoms with van der Waals surface area (Å²) < 4.78 is 29.0. The van der Waals surface area contributed by atoms with E-state index in [1.807, 2.05) is 41.9 Å². The molecular weight excluding hydrogens is 378 g/mol. The first-order valence-electron chi connectivity index (χ1n) is 9.07. The van der Waals surface area contributed by atoms with Gasteiger partial charge in [0.2, 0.25) is 0 Å². The number of nitrogens with zero attached hydrogens (tertiary/aromatic N) is 3. The van der Waals surface area contributed by atoms with Gasteiger partial charge in [-0.15, -0.1) is 0 Å². The molecule has 0 bridgehead atoms. The summed E-state index contributed by atoms with van der Waals surface area (Å²) in [5.41, 5.74) is 3.33. The Morgan fingerprint density at radius 2 is 1.74 bits per heavy atom. The highest BCUT2D eigenvalue weighted by molar-refractivity contribution is 7.91. The van der Waals surface area contributed by atoms with Crippen molar-refractivity contribution in [2.24, 2.45) is 7.05 Å². The van der Waals surface area contributed by atoms with Gasteiger partial charge in [0, 0.05) is 19.6 Å². The Balaban J connectivity index is 1.71. The third-order valence-corrected chi connectivity index (χ3v) is 7.57. The number of imidazole rings is 1. The number of hydrogen-bond acceptors (Lipinski definition) is 4. The molecule has 2 aromatic carbocycles. The van der Waals surface area contributed by atoms with Crippen molar-refractivity contribution in [1.82, 2.24) is 14.0 Å². The maximum atomic E-state index is 12.1. The van der Waals surface area contributed by atoms with Crippen LogP contribution in [0.25, 0.3) is 11.0 Å². The van der Waals surface area contributed by atoms with Crippen LogP contribution in [-0.4, -0.2) is 40.0 Å². The van der Waals surface area contributed by atoms with Gasteiger partial charge in [0.25, 0.3) is 0 Å². The van der Waals surface area contributed by atoms with Gasteiger partial charge >= 0.3 is 0 Å². The quantitative estimate of drug-likeness (QED) is 0.615. The van der Waals surface area contributed by atoms with Crippen LogP contribution in [-0.2, 0) is 30.1 Å². The Labute approximate surface area is 164 Å². The number of sulfone groups is 1. The second kappa shape index (κ2) is 7.22. The Morgan fingerprint density at radius 1 is 1.07 bits per heavy atom. The number of aromatic nitrogens is 2. The van der Waals surface area contributed by atoms with Crippen molar-refractivity contribution < 1.29 is 8.42 Å². The first kappa shape index (κ1) is 18.4. The van der Waals surface area contributed by atoms with Gasteiger partial charge in [-0.05, 0) is 36.3 Å². The first-order chi connectivity index (χ1) is 12.9. The van der Waals surface area contributed by atoms with Crippen molar-refractivity contribution in [3.8, 4) is 0 Å². The summed E-state index contributed by atoms with van der Waals surface area (Å²) in [5.74, 6) is 0.488. The highest BCUT2D eigenvalue weighted by Crippen LogP contribution is 2.23. The SMILES string of the molecule is Cn1c(=S)n(CN(Cc2ccccc2)[C@H]2CCS(=O)(=O)C2)c2ccccc21. The summed E-state index contributed by atoms with van der Waals surface area (Å²) in [6.07, 6.45) is 0.674. The van der Waals surface area contributed by atoms with Crippen molar-refractivity contribution in [2.45, 2.75) is 25.7 Å². The van der Waals surface area contributed by atoms with E-state index in [2.05, 4.69) is 33.7 Å². The topological polar surface area (TPSA) is 47.2 Å². The van der Waals surface area contributed by atoms with Crippen LogP contribution in [0.1, 0.15) is 12.0 Å². The predicted molar refractivity (Wildman–Crippen MR) is 111 cm³/mol. The number of fused-ring (bicyclic) bond motifs is 1. The minimum atomic E-state index is -2.95. The van der Waals surface area contributed by atoms with E-state index < -0.39 is 9.84 Å². The van der Waals surface area contributed by atoms with E-state index in [4.69, 9.17) is 12.2 Å². The molecule has 1 aliphatic rings. The van der Waals surface area contributed by atoms with Crippen LogP contribution in [0.5, 0.6) is 0 Å². The summed E-state index contributed by atoms with van der Waals surface area (Å²) in [6.45, 7) is 1.28. The third-order valence-electron chi connectivity index (χ3n) is 5.33. The average Bonchev–Trinajstić information content (AvgIpc) is 3.14. The minimum Gasteiger partial charge on any atom is -0.320 e. The van der Waals surface area contributed by atoms with Crippen LogP contribution in [0, 0.1) is 4.77 Å². The molecule has 0 amide bonds. The first-order valence-corrected chi connectivity index (χ1v) is 11.3. The fourth-order valence-electron chi connectivity index (χ4n) is 3.86. The van der Waals surface area contributed by atoms with Crippen molar-refractivity contribution >= 4 is 33.1 Å². The van der Waals surface area contributed by atoms with Gasteiger partial charge < -0.3 is 9.13 Å². The standard InChI is InChI=1S/C20H23N3O2S2/c1-21-18-9-5-6-10-19(18)23(20(21)26)15-22(13-16-7-3-2-4-8-16)17-11-12-27(24,25)14-17/h2-10,17H,11-15H2,1H3/t17-/m0/s1. The molecule has 0 saturated carbocycles. The van der Waals surface area contributed by atoms with Gasteiger partial charge in [-0.1, -0.05) is 42.5 Å². The minimum absolute atomic E-state index is 0.0103. The molecular formula is C20H23N3O2S2. The molecule has 1 saturated heterocycles. The molecule has 4 rings (SSSR count). The van der Waals surface area contributed by atoms with Crippen LogP contribution < -0.4 is 0 Å². The summed E-state index contributed by atoms with van der Waals surface area (Å²) >= 11 is 5.68. The average molecular weight is 402 g/mol. The smallest absolute Gasteiger partial charge is 0.181 e. The van der Waals surface area contributed by atoms with E-state index >= 15 is 0 Å². The fraction of sp³-hybridized carbons (Fsp3) is 0.350. The Morgan fingerprint density at radius 3 is 2.41 bits per heavy atom. The lowest BCUT2D eigenvalue weighted by Gasteiger charge is -2.28. The van der Waals surface area contributed by atoms with E-state index in [1.165, 1.54) is 5.56 Å². The maximum Gasteiger partial charge on any atom is 0.181 e.